The van der Waals surface area contributed by atoms with Gasteiger partial charge in [-0.15, -0.1) is 0 Å². The van der Waals surface area contributed by atoms with E-state index in [0.29, 0.717) is 10.9 Å². The minimum Gasteiger partial charge on any atom is -0.382 e. The zero-order valence-corrected chi connectivity index (χ0v) is 11.6. The maximum Gasteiger partial charge on any atom is 0.182 e. The average molecular weight is 275 g/mol. The van der Waals surface area contributed by atoms with Gasteiger partial charge in [-0.1, -0.05) is 6.92 Å². The third-order valence-corrected chi connectivity index (χ3v) is 5.17. The lowest BCUT2D eigenvalue weighted by molar-refractivity contribution is 0.447. The summed E-state index contributed by atoms with van der Waals surface area (Å²) in [5.41, 5.74) is 5.66. The minimum atomic E-state index is -3.31. The largest absolute Gasteiger partial charge is 0.382 e. The summed E-state index contributed by atoms with van der Waals surface area (Å²) in [5, 5.41) is 0.705. The Kier molecular flexibility index (Phi) is 3.31. The van der Waals surface area contributed by atoms with Crippen LogP contribution in [0.15, 0.2) is 4.90 Å². The van der Waals surface area contributed by atoms with E-state index in [9.17, 15) is 8.42 Å². The molecule has 7 heteroatoms. The predicted molar refractivity (Wildman–Crippen MR) is 70.2 cm³/mol. The third-order valence-electron chi connectivity index (χ3n) is 2.97. The zero-order valence-electron chi connectivity index (χ0n) is 10.0. The molecule has 96 valence electrons. The van der Waals surface area contributed by atoms with Gasteiger partial charge in [0, 0.05) is 19.3 Å². The van der Waals surface area contributed by atoms with Crippen LogP contribution in [0.2, 0.25) is 0 Å². The summed E-state index contributed by atoms with van der Waals surface area (Å²) in [6.45, 7) is 3.94. The number of anilines is 2. The molecule has 2 rings (SSSR count). The molecule has 1 atom stereocenters. The molecule has 0 saturated carbocycles. The normalized spacial score (nSPS) is 21.8. The van der Waals surface area contributed by atoms with E-state index < -0.39 is 9.84 Å². The topological polar surface area (TPSA) is 76.3 Å². The molecule has 0 radical (unpaired) electrons. The van der Waals surface area contributed by atoms with Crippen molar-refractivity contribution in [3.63, 3.8) is 0 Å². The first-order valence-corrected chi connectivity index (χ1v) is 8.26. The molecule has 2 N–H and O–H groups in total. The number of sulfone groups is 1. The number of nitrogen functional groups attached to an aromatic ring is 1. The Labute approximate surface area is 106 Å². The second kappa shape index (κ2) is 4.45. The van der Waals surface area contributed by atoms with Crippen LogP contribution in [0, 0.1) is 5.92 Å². The molecule has 0 aliphatic carbocycles. The van der Waals surface area contributed by atoms with Gasteiger partial charge < -0.3 is 10.6 Å². The molecule has 17 heavy (non-hydrogen) atoms. The van der Waals surface area contributed by atoms with E-state index in [1.54, 1.807) is 0 Å². The Morgan fingerprint density at radius 1 is 1.53 bits per heavy atom. The number of rotatable bonds is 2. The van der Waals surface area contributed by atoms with Gasteiger partial charge in [-0.3, -0.25) is 0 Å². The molecule has 1 fully saturated rings. The van der Waals surface area contributed by atoms with Gasteiger partial charge in [-0.05, 0) is 30.3 Å². The zero-order chi connectivity index (χ0) is 12.6. The van der Waals surface area contributed by atoms with Gasteiger partial charge in [-0.25, -0.2) is 8.42 Å². The van der Waals surface area contributed by atoms with Gasteiger partial charge in [0.2, 0.25) is 0 Å². The summed E-state index contributed by atoms with van der Waals surface area (Å²) in [4.78, 5) is 2.30. The number of nitrogens with zero attached hydrogens (tertiary/aromatic N) is 2. The minimum absolute atomic E-state index is 0.130. The highest BCUT2D eigenvalue weighted by atomic mass is 32.2. The molecular weight excluding hydrogens is 258 g/mol. The molecule has 1 aliphatic heterocycles. The smallest absolute Gasteiger partial charge is 0.182 e. The molecule has 1 aromatic rings. The Bertz CT molecular complexity index is 510. The summed E-state index contributed by atoms with van der Waals surface area (Å²) in [7, 11) is -3.31. The molecule has 2 heterocycles. The van der Waals surface area contributed by atoms with Crippen molar-refractivity contribution < 1.29 is 8.42 Å². The quantitative estimate of drug-likeness (QED) is 0.882. The molecule has 1 aliphatic rings. The van der Waals surface area contributed by atoms with Crippen LogP contribution in [0.3, 0.4) is 0 Å². The van der Waals surface area contributed by atoms with Crippen molar-refractivity contribution in [1.82, 2.24) is 4.37 Å². The van der Waals surface area contributed by atoms with E-state index in [0.717, 1.165) is 19.5 Å². The Hall–Kier alpha value is -0.820. The maximum absolute atomic E-state index is 11.7. The predicted octanol–water partition coefficient (Wildman–Crippen LogP) is 1.37. The summed E-state index contributed by atoms with van der Waals surface area (Å²) in [5.74, 6) is 0.713. The molecule has 5 nitrogen and oxygen atoms in total. The summed E-state index contributed by atoms with van der Waals surface area (Å²) in [6.07, 6.45) is 3.46. The number of nitrogens with two attached hydrogens (primary N) is 1. The van der Waals surface area contributed by atoms with Crippen LogP contribution >= 0.6 is 11.5 Å². The fraction of sp³-hybridized carbons (Fsp3) is 0.700. The summed E-state index contributed by atoms with van der Waals surface area (Å²) < 4.78 is 27.4. The van der Waals surface area contributed by atoms with Crippen LogP contribution in [0.5, 0.6) is 0 Å². The molecule has 1 saturated heterocycles. The van der Waals surface area contributed by atoms with Crippen LogP contribution in [0.1, 0.15) is 19.8 Å². The van der Waals surface area contributed by atoms with Crippen molar-refractivity contribution in [2.24, 2.45) is 5.92 Å². The number of aromatic nitrogens is 1. The van der Waals surface area contributed by atoms with Crippen molar-refractivity contribution >= 4 is 32.2 Å². The number of hydrogen-bond acceptors (Lipinski definition) is 6. The Morgan fingerprint density at radius 3 is 2.82 bits per heavy atom. The van der Waals surface area contributed by atoms with E-state index in [1.165, 1.54) is 24.2 Å². The first-order valence-electron chi connectivity index (χ1n) is 5.59. The fourth-order valence-electron chi connectivity index (χ4n) is 2.21. The molecule has 0 aromatic carbocycles. The Morgan fingerprint density at radius 2 is 2.24 bits per heavy atom. The van der Waals surface area contributed by atoms with Gasteiger partial charge in [-0.2, -0.15) is 4.37 Å². The van der Waals surface area contributed by atoms with Crippen molar-refractivity contribution in [3.8, 4) is 0 Å². The third kappa shape index (κ3) is 2.55. The van der Waals surface area contributed by atoms with Crippen molar-refractivity contribution in [2.45, 2.75) is 24.7 Å². The first kappa shape index (κ1) is 12.6. The van der Waals surface area contributed by atoms with Crippen molar-refractivity contribution in [2.75, 3.05) is 30.0 Å². The lowest BCUT2D eigenvalue weighted by atomic mass is 10.0. The van der Waals surface area contributed by atoms with Crippen LogP contribution in [0.4, 0.5) is 10.8 Å². The van der Waals surface area contributed by atoms with Gasteiger partial charge in [0.05, 0.1) is 0 Å². The van der Waals surface area contributed by atoms with Gasteiger partial charge in [0.25, 0.3) is 0 Å². The van der Waals surface area contributed by atoms with Gasteiger partial charge >= 0.3 is 0 Å². The highest BCUT2D eigenvalue weighted by Gasteiger charge is 2.27. The fourth-order valence-corrected chi connectivity index (χ4v) is 4.45. The van der Waals surface area contributed by atoms with Crippen LogP contribution < -0.4 is 10.6 Å². The molecular formula is C10H17N3O2S2. The standard InChI is InChI=1S/C10H17N3O2S2/c1-7-4-3-5-13(6-7)10-8(17(2,14)15)9(11)12-16-10/h7H,3-6H2,1-2H3,(H2,11,12). The Balaban J connectivity index is 2.39. The monoisotopic (exact) mass is 275 g/mol. The van der Waals surface area contributed by atoms with E-state index in [-0.39, 0.29) is 10.7 Å². The van der Waals surface area contributed by atoms with Crippen molar-refractivity contribution in [3.05, 3.63) is 0 Å². The number of piperidine rings is 1. The molecule has 1 unspecified atom stereocenters. The molecule has 0 bridgehead atoms. The van der Waals surface area contributed by atoms with E-state index in [1.807, 2.05) is 0 Å². The second-order valence-corrected chi connectivity index (χ2v) is 7.37. The van der Waals surface area contributed by atoms with Crippen LogP contribution in [-0.2, 0) is 9.84 Å². The first-order chi connectivity index (χ1) is 7.89. The highest BCUT2D eigenvalue weighted by Crippen LogP contribution is 2.36. The van der Waals surface area contributed by atoms with Gasteiger partial charge in [0.15, 0.2) is 15.7 Å². The average Bonchev–Trinajstić information content (AvgIpc) is 2.59. The van der Waals surface area contributed by atoms with Crippen molar-refractivity contribution in [1.29, 1.82) is 0 Å². The van der Waals surface area contributed by atoms with E-state index >= 15 is 0 Å². The second-order valence-electron chi connectivity index (χ2n) is 4.67. The maximum atomic E-state index is 11.7. The molecule has 0 amide bonds. The molecule has 1 aromatic heterocycles. The lowest BCUT2D eigenvalue weighted by Gasteiger charge is -2.31. The highest BCUT2D eigenvalue weighted by molar-refractivity contribution is 7.91. The van der Waals surface area contributed by atoms with Gasteiger partial charge in [0.1, 0.15) is 9.90 Å². The van der Waals surface area contributed by atoms with Crippen LogP contribution in [0.25, 0.3) is 0 Å². The summed E-state index contributed by atoms with van der Waals surface area (Å²) >= 11 is 1.18. The number of hydrogen-bond donors (Lipinski definition) is 1. The SMILES string of the molecule is CC1CCCN(c2snc(N)c2S(C)(=O)=O)C1. The molecule has 0 spiro atoms. The summed E-state index contributed by atoms with van der Waals surface area (Å²) in [6, 6.07) is 0. The van der Waals surface area contributed by atoms with E-state index in [4.69, 9.17) is 5.73 Å². The van der Waals surface area contributed by atoms with Crippen LogP contribution in [-0.4, -0.2) is 32.1 Å². The van der Waals surface area contributed by atoms with E-state index in [2.05, 4.69) is 16.2 Å². The lowest BCUT2D eigenvalue weighted by Crippen LogP contribution is -2.34.